The number of carbonyl (C=O) groups excluding carboxylic acids is 1. The highest BCUT2D eigenvalue weighted by atomic mass is 16.5. The molecule has 0 spiro atoms. The van der Waals surface area contributed by atoms with Crippen molar-refractivity contribution in [1.29, 1.82) is 0 Å². The molecule has 0 bridgehead atoms. The molecule has 0 unspecified atom stereocenters. The van der Waals surface area contributed by atoms with Crippen LogP contribution in [0.1, 0.15) is 29.3 Å². The van der Waals surface area contributed by atoms with E-state index in [1.807, 2.05) is 12.1 Å². The number of ether oxygens (including phenoxy) is 1. The van der Waals surface area contributed by atoms with Crippen LogP contribution in [0.3, 0.4) is 0 Å². The van der Waals surface area contributed by atoms with E-state index in [0.717, 1.165) is 23.8 Å². The Balaban J connectivity index is 2.23. The van der Waals surface area contributed by atoms with Crippen LogP contribution < -0.4 is 15.3 Å². The molecule has 134 valence electrons. The molecule has 0 aliphatic heterocycles. The number of fused-ring (bicyclic) bond motifs is 1. The van der Waals surface area contributed by atoms with E-state index in [1.165, 1.54) is 18.1 Å². The fourth-order valence-electron chi connectivity index (χ4n) is 3.09. The lowest BCUT2D eigenvalue weighted by Crippen LogP contribution is -2.27. The van der Waals surface area contributed by atoms with Crippen molar-refractivity contribution >= 4 is 22.6 Å². The molecule has 1 aromatic heterocycles. The van der Waals surface area contributed by atoms with Gasteiger partial charge in [0.2, 0.25) is 0 Å². The van der Waals surface area contributed by atoms with Crippen molar-refractivity contribution in [3.05, 3.63) is 70.1 Å². The Morgan fingerprint density at radius 2 is 1.88 bits per heavy atom. The van der Waals surface area contributed by atoms with E-state index in [0.29, 0.717) is 22.6 Å². The Morgan fingerprint density at radius 3 is 2.54 bits per heavy atom. The van der Waals surface area contributed by atoms with Gasteiger partial charge >= 0.3 is 5.63 Å². The molecule has 3 rings (SSSR count). The van der Waals surface area contributed by atoms with Crippen molar-refractivity contribution in [2.24, 2.45) is 0 Å². The SMILES string of the molecule is CCCc1cc(=O)oc2c(N(C)C(=O)c3ccccc3)c(OC)ccc12. The van der Waals surface area contributed by atoms with E-state index >= 15 is 0 Å². The molecule has 0 saturated carbocycles. The number of carbonyl (C=O) groups is 1. The zero-order chi connectivity index (χ0) is 18.7. The number of rotatable bonds is 5. The van der Waals surface area contributed by atoms with Crippen LogP contribution in [0.4, 0.5) is 5.69 Å². The molecule has 0 aliphatic carbocycles. The summed E-state index contributed by atoms with van der Waals surface area (Å²) in [6.45, 7) is 2.05. The monoisotopic (exact) mass is 351 g/mol. The van der Waals surface area contributed by atoms with Crippen LogP contribution in [0.15, 0.2) is 57.7 Å². The van der Waals surface area contributed by atoms with Gasteiger partial charge in [0, 0.05) is 24.1 Å². The lowest BCUT2D eigenvalue weighted by molar-refractivity contribution is 0.0992. The van der Waals surface area contributed by atoms with Crippen molar-refractivity contribution in [3.8, 4) is 5.75 Å². The predicted octanol–water partition coefficient (Wildman–Crippen LogP) is 4.03. The molecule has 2 aromatic carbocycles. The first-order valence-electron chi connectivity index (χ1n) is 8.53. The minimum absolute atomic E-state index is 0.208. The molecule has 5 heteroatoms. The van der Waals surface area contributed by atoms with Crippen LogP contribution in [0, 0.1) is 0 Å². The summed E-state index contributed by atoms with van der Waals surface area (Å²) in [5, 5.41) is 0.815. The molecule has 0 fully saturated rings. The van der Waals surface area contributed by atoms with Gasteiger partial charge in [-0.05, 0) is 36.2 Å². The first-order valence-corrected chi connectivity index (χ1v) is 8.53. The number of hydrogen-bond acceptors (Lipinski definition) is 4. The molecular weight excluding hydrogens is 330 g/mol. The maximum Gasteiger partial charge on any atom is 0.336 e. The van der Waals surface area contributed by atoms with Gasteiger partial charge in [0.25, 0.3) is 5.91 Å². The maximum absolute atomic E-state index is 12.9. The van der Waals surface area contributed by atoms with Crippen LogP contribution in [-0.4, -0.2) is 20.1 Å². The second-order valence-corrected chi connectivity index (χ2v) is 6.06. The summed E-state index contributed by atoms with van der Waals surface area (Å²) in [6.07, 6.45) is 1.66. The molecule has 0 N–H and O–H groups in total. The van der Waals surface area contributed by atoms with Gasteiger partial charge in [-0.15, -0.1) is 0 Å². The summed E-state index contributed by atoms with van der Waals surface area (Å²) >= 11 is 0. The summed E-state index contributed by atoms with van der Waals surface area (Å²) in [5.74, 6) is 0.265. The molecule has 3 aromatic rings. The number of hydrogen-bond donors (Lipinski definition) is 0. The highest BCUT2D eigenvalue weighted by Crippen LogP contribution is 2.37. The number of anilines is 1. The molecule has 0 aliphatic rings. The second-order valence-electron chi connectivity index (χ2n) is 6.06. The summed E-state index contributed by atoms with van der Waals surface area (Å²) in [7, 11) is 3.18. The summed E-state index contributed by atoms with van der Waals surface area (Å²) in [5.41, 5.74) is 1.83. The lowest BCUT2D eigenvalue weighted by atomic mass is 10.0. The molecule has 0 saturated heterocycles. The standard InChI is InChI=1S/C21H21NO4/c1-4-8-15-13-18(23)26-20-16(15)11-12-17(25-3)19(20)22(2)21(24)14-9-6-5-7-10-14/h5-7,9-13H,4,8H2,1-3H3. The quantitative estimate of drug-likeness (QED) is 0.651. The van der Waals surface area contributed by atoms with E-state index in [4.69, 9.17) is 9.15 Å². The van der Waals surface area contributed by atoms with Gasteiger partial charge < -0.3 is 14.1 Å². The van der Waals surface area contributed by atoms with E-state index in [2.05, 4.69) is 6.92 Å². The first kappa shape index (κ1) is 17.7. The topological polar surface area (TPSA) is 59.8 Å². The largest absolute Gasteiger partial charge is 0.494 e. The van der Waals surface area contributed by atoms with Crippen molar-refractivity contribution in [1.82, 2.24) is 0 Å². The summed E-state index contributed by atoms with van der Waals surface area (Å²) in [4.78, 5) is 26.5. The van der Waals surface area contributed by atoms with Crippen LogP contribution >= 0.6 is 0 Å². The van der Waals surface area contributed by atoms with Gasteiger partial charge in [-0.2, -0.15) is 0 Å². The lowest BCUT2D eigenvalue weighted by Gasteiger charge is -2.21. The molecule has 5 nitrogen and oxygen atoms in total. The van der Waals surface area contributed by atoms with Crippen LogP contribution in [0.5, 0.6) is 5.75 Å². The van der Waals surface area contributed by atoms with Crippen molar-refractivity contribution in [2.75, 3.05) is 19.1 Å². The Kier molecular flexibility index (Phi) is 5.07. The summed E-state index contributed by atoms with van der Waals surface area (Å²) < 4.78 is 10.9. The van der Waals surface area contributed by atoms with Crippen molar-refractivity contribution < 1.29 is 13.9 Å². The third kappa shape index (κ3) is 3.20. The highest BCUT2D eigenvalue weighted by molar-refractivity contribution is 6.11. The van der Waals surface area contributed by atoms with Crippen molar-refractivity contribution in [3.63, 3.8) is 0 Å². The number of benzene rings is 2. The average molecular weight is 351 g/mol. The van der Waals surface area contributed by atoms with E-state index in [-0.39, 0.29) is 5.91 Å². The van der Waals surface area contributed by atoms with Crippen LogP contribution in [-0.2, 0) is 6.42 Å². The van der Waals surface area contributed by atoms with Crippen LogP contribution in [0.2, 0.25) is 0 Å². The van der Waals surface area contributed by atoms with E-state index < -0.39 is 5.63 Å². The van der Waals surface area contributed by atoms with Gasteiger partial charge in [0.05, 0.1) is 7.11 Å². The predicted molar refractivity (Wildman–Crippen MR) is 102 cm³/mol. The van der Waals surface area contributed by atoms with Crippen molar-refractivity contribution in [2.45, 2.75) is 19.8 Å². The third-order valence-corrected chi connectivity index (χ3v) is 4.34. The number of methoxy groups -OCH3 is 1. The van der Waals surface area contributed by atoms with Gasteiger partial charge in [0.15, 0.2) is 5.58 Å². The van der Waals surface area contributed by atoms with Gasteiger partial charge in [-0.25, -0.2) is 4.79 Å². The molecule has 0 atom stereocenters. The Hall–Kier alpha value is -3.08. The average Bonchev–Trinajstić information content (AvgIpc) is 2.66. The second kappa shape index (κ2) is 7.44. The highest BCUT2D eigenvalue weighted by Gasteiger charge is 2.22. The Labute approximate surface area is 151 Å². The molecule has 1 amide bonds. The molecular formula is C21H21NO4. The van der Waals surface area contributed by atoms with Gasteiger partial charge in [-0.3, -0.25) is 4.79 Å². The number of aryl methyl sites for hydroxylation is 1. The Bertz CT molecular complexity index is 992. The van der Waals surface area contributed by atoms with Gasteiger partial charge in [0.1, 0.15) is 11.4 Å². The fourth-order valence-corrected chi connectivity index (χ4v) is 3.09. The van der Waals surface area contributed by atoms with E-state index in [1.54, 1.807) is 37.4 Å². The number of nitrogens with zero attached hydrogens (tertiary/aromatic N) is 1. The first-order chi connectivity index (χ1) is 12.6. The zero-order valence-corrected chi connectivity index (χ0v) is 15.1. The minimum Gasteiger partial charge on any atom is -0.494 e. The summed E-state index contributed by atoms with van der Waals surface area (Å²) in [6, 6.07) is 14.1. The normalized spacial score (nSPS) is 10.7. The van der Waals surface area contributed by atoms with E-state index in [9.17, 15) is 9.59 Å². The molecule has 1 heterocycles. The number of amides is 1. The Morgan fingerprint density at radius 1 is 1.15 bits per heavy atom. The third-order valence-electron chi connectivity index (χ3n) is 4.34. The fraction of sp³-hybridized carbons (Fsp3) is 0.238. The van der Waals surface area contributed by atoms with Crippen LogP contribution in [0.25, 0.3) is 11.0 Å². The smallest absolute Gasteiger partial charge is 0.336 e. The van der Waals surface area contributed by atoms with Gasteiger partial charge in [-0.1, -0.05) is 31.5 Å². The minimum atomic E-state index is -0.434. The maximum atomic E-state index is 12.9. The zero-order valence-electron chi connectivity index (χ0n) is 15.1. The molecule has 26 heavy (non-hydrogen) atoms. The molecule has 0 radical (unpaired) electrons.